The van der Waals surface area contributed by atoms with Gasteiger partial charge in [0.15, 0.2) is 0 Å². The van der Waals surface area contributed by atoms with Gasteiger partial charge in [-0.1, -0.05) is 57.5 Å². The fraction of sp³-hybridized carbons (Fsp3) is 0.625. The van der Waals surface area contributed by atoms with Crippen LogP contribution in [0.2, 0.25) is 0 Å². The number of hydroxylamine groups is 1. The average molecular weight is 283 g/mol. The molecule has 0 aromatic heterocycles. The Morgan fingerprint density at radius 1 is 1.05 bits per heavy atom. The number of benzene rings is 1. The SMILES string of the molecule is CC(C)CP.Cc1ccc(CNOCC(C)C)cc1. The zero-order valence-corrected chi connectivity index (χ0v) is 14.2. The summed E-state index contributed by atoms with van der Waals surface area (Å²) in [6, 6.07) is 8.45. The molecule has 1 aromatic rings. The van der Waals surface area contributed by atoms with Crippen LogP contribution in [0.15, 0.2) is 24.3 Å². The van der Waals surface area contributed by atoms with Gasteiger partial charge in [-0.05, 0) is 30.5 Å². The molecule has 1 N–H and O–H groups in total. The quantitative estimate of drug-likeness (QED) is 0.480. The summed E-state index contributed by atoms with van der Waals surface area (Å²) in [7, 11) is 2.69. The molecule has 0 heterocycles. The summed E-state index contributed by atoms with van der Waals surface area (Å²) in [6.45, 7) is 12.3. The van der Waals surface area contributed by atoms with Crippen LogP contribution in [0.3, 0.4) is 0 Å². The fourth-order valence-electron chi connectivity index (χ4n) is 1.07. The summed E-state index contributed by atoms with van der Waals surface area (Å²) in [5, 5.41) is 0. The Balaban J connectivity index is 0.000000555. The number of hydrogen-bond donors (Lipinski definition) is 1. The molecule has 2 nitrogen and oxygen atoms in total. The molecule has 0 saturated heterocycles. The summed E-state index contributed by atoms with van der Waals surface area (Å²) in [4.78, 5) is 5.28. The van der Waals surface area contributed by atoms with E-state index in [0.717, 1.165) is 19.1 Å². The van der Waals surface area contributed by atoms with Crippen LogP contribution in [0.4, 0.5) is 0 Å². The number of rotatable bonds is 6. The fourth-order valence-corrected chi connectivity index (χ4v) is 1.07. The van der Waals surface area contributed by atoms with Gasteiger partial charge < -0.3 is 4.84 Å². The zero-order valence-electron chi connectivity index (χ0n) is 13.1. The molecule has 0 spiro atoms. The third-order valence-electron chi connectivity index (χ3n) is 2.39. The highest BCUT2D eigenvalue weighted by Gasteiger charge is 1.94. The summed E-state index contributed by atoms with van der Waals surface area (Å²) in [5.74, 6) is 1.42. The van der Waals surface area contributed by atoms with Crippen LogP contribution < -0.4 is 5.48 Å². The Labute approximate surface area is 121 Å². The summed E-state index contributed by atoms with van der Waals surface area (Å²) < 4.78 is 0. The van der Waals surface area contributed by atoms with Gasteiger partial charge in [-0.25, -0.2) is 0 Å². The highest BCUT2D eigenvalue weighted by Crippen LogP contribution is 2.02. The molecule has 19 heavy (non-hydrogen) atoms. The first-order chi connectivity index (χ1) is 8.95. The Morgan fingerprint density at radius 3 is 2.00 bits per heavy atom. The van der Waals surface area contributed by atoms with Crippen LogP contribution in [0.5, 0.6) is 0 Å². The molecule has 110 valence electrons. The van der Waals surface area contributed by atoms with Crippen LogP contribution in [0.25, 0.3) is 0 Å². The molecule has 0 bridgehead atoms. The molecule has 1 atom stereocenters. The lowest BCUT2D eigenvalue weighted by atomic mass is 10.2. The molecule has 0 fully saturated rings. The monoisotopic (exact) mass is 283 g/mol. The molecule has 0 radical (unpaired) electrons. The highest BCUT2D eigenvalue weighted by atomic mass is 31.0. The van der Waals surface area contributed by atoms with Gasteiger partial charge in [0, 0.05) is 6.54 Å². The topological polar surface area (TPSA) is 21.3 Å². The average Bonchev–Trinajstić information content (AvgIpc) is 2.37. The predicted molar refractivity (Wildman–Crippen MR) is 88.2 cm³/mol. The Morgan fingerprint density at radius 2 is 1.58 bits per heavy atom. The van der Waals surface area contributed by atoms with Crippen molar-refractivity contribution in [1.82, 2.24) is 5.48 Å². The van der Waals surface area contributed by atoms with E-state index in [4.69, 9.17) is 4.84 Å². The molecule has 0 aliphatic carbocycles. The van der Waals surface area contributed by atoms with Crippen molar-refractivity contribution in [2.24, 2.45) is 11.8 Å². The maximum Gasteiger partial charge on any atom is 0.0705 e. The number of nitrogens with one attached hydrogen (secondary N) is 1. The minimum Gasteiger partial charge on any atom is -0.301 e. The predicted octanol–water partition coefficient (Wildman–Crippen LogP) is 4.19. The number of aryl methyl sites for hydroxylation is 1. The van der Waals surface area contributed by atoms with Gasteiger partial charge >= 0.3 is 0 Å². The smallest absolute Gasteiger partial charge is 0.0705 e. The molecular weight excluding hydrogens is 253 g/mol. The first-order valence-electron chi connectivity index (χ1n) is 7.06. The van der Waals surface area contributed by atoms with Crippen LogP contribution in [0.1, 0.15) is 38.8 Å². The summed E-state index contributed by atoms with van der Waals surface area (Å²) in [5.41, 5.74) is 5.49. The van der Waals surface area contributed by atoms with Gasteiger partial charge in [0.1, 0.15) is 0 Å². The minimum absolute atomic E-state index is 0.570. The van der Waals surface area contributed by atoms with Crippen molar-refractivity contribution in [3.63, 3.8) is 0 Å². The van der Waals surface area contributed by atoms with Crippen molar-refractivity contribution in [2.45, 2.75) is 41.2 Å². The largest absolute Gasteiger partial charge is 0.301 e. The van der Waals surface area contributed by atoms with Gasteiger partial charge in [-0.3, -0.25) is 0 Å². The maximum absolute atomic E-state index is 5.28. The first-order valence-corrected chi connectivity index (χ1v) is 7.87. The van der Waals surface area contributed by atoms with Crippen molar-refractivity contribution in [1.29, 1.82) is 0 Å². The van der Waals surface area contributed by atoms with Crippen molar-refractivity contribution >= 4 is 9.24 Å². The molecule has 1 aromatic carbocycles. The van der Waals surface area contributed by atoms with E-state index >= 15 is 0 Å². The van der Waals surface area contributed by atoms with E-state index in [-0.39, 0.29) is 0 Å². The van der Waals surface area contributed by atoms with E-state index in [1.54, 1.807) is 0 Å². The van der Waals surface area contributed by atoms with Crippen molar-refractivity contribution in [3.8, 4) is 0 Å². The lowest BCUT2D eigenvalue weighted by Gasteiger charge is -2.07. The van der Waals surface area contributed by atoms with E-state index in [0.29, 0.717) is 5.92 Å². The van der Waals surface area contributed by atoms with Crippen LogP contribution in [-0.4, -0.2) is 12.8 Å². The van der Waals surface area contributed by atoms with E-state index in [9.17, 15) is 0 Å². The normalized spacial score (nSPS) is 10.5. The first kappa shape index (κ1) is 18.6. The molecule has 0 saturated carbocycles. The van der Waals surface area contributed by atoms with Crippen molar-refractivity contribution in [3.05, 3.63) is 35.4 Å². The number of hydrogen-bond acceptors (Lipinski definition) is 2. The van der Waals surface area contributed by atoms with Crippen LogP contribution in [-0.2, 0) is 11.4 Å². The standard InChI is InChI=1S/C12H19NO.C4H11P/c1-10(2)9-14-13-8-12-6-4-11(3)5-7-12;1-4(2)3-5/h4-7,10,13H,8-9H2,1-3H3;4H,3,5H2,1-2H3. The third kappa shape index (κ3) is 12.4. The summed E-state index contributed by atoms with van der Waals surface area (Å²) in [6.07, 6.45) is 1.22. The Hall–Kier alpha value is -0.430. The third-order valence-corrected chi connectivity index (χ3v) is 3.33. The van der Waals surface area contributed by atoms with E-state index in [1.807, 2.05) is 0 Å². The van der Waals surface area contributed by atoms with Gasteiger partial charge in [0.2, 0.25) is 0 Å². The molecule has 1 rings (SSSR count). The zero-order chi connectivity index (χ0) is 14.7. The lowest BCUT2D eigenvalue weighted by molar-refractivity contribution is 0.0196. The van der Waals surface area contributed by atoms with E-state index < -0.39 is 0 Å². The second kappa shape index (κ2) is 11.4. The molecule has 0 aliphatic rings. The lowest BCUT2D eigenvalue weighted by Crippen LogP contribution is -2.17. The minimum atomic E-state index is 0.570. The van der Waals surface area contributed by atoms with Crippen molar-refractivity contribution < 1.29 is 4.84 Å². The highest BCUT2D eigenvalue weighted by molar-refractivity contribution is 7.16. The van der Waals surface area contributed by atoms with E-state index in [2.05, 4.69) is 73.6 Å². The van der Waals surface area contributed by atoms with Gasteiger partial charge in [0.25, 0.3) is 0 Å². The molecule has 0 aliphatic heterocycles. The van der Waals surface area contributed by atoms with E-state index in [1.165, 1.54) is 17.3 Å². The van der Waals surface area contributed by atoms with Gasteiger partial charge in [0.05, 0.1) is 6.61 Å². The Bertz CT molecular complexity index is 309. The van der Waals surface area contributed by atoms with Crippen LogP contribution >= 0.6 is 9.24 Å². The van der Waals surface area contributed by atoms with Crippen molar-refractivity contribution in [2.75, 3.05) is 12.8 Å². The Kier molecular flexibility index (Phi) is 11.1. The van der Waals surface area contributed by atoms with Gasteiger partial charge in [-0.2, -0.15) is 5.48 Å². The molecule has 0 amide bonds. The second-order valence-corrected chi connectivity index (χ2v) is 6.11. The van der Waals surface area contributed by atoms with Crippen LogP contribution in [0, 0.1) is 18.8 Å². The maximum atomic E-state index is 5.28. The second-order valence-electron chi connectivity index (χ2n) is 5.64. The molecule has 3 heteroatoms. The summed E-state index contributed by atoms with van der Waals surface area (Å²) >= 11 is 0. The molecular formula is C16H30NOP. The van der Waals surface area contributed by atoms with Gasteiger partial charge in [-0.15, -0.1) is 9.24 Å². The molecule has 1 unspecified atom stereocenters.